The second-order valence-corrected chi connectivity index (χ2v) is 5.72. The van der Waals surface area contributed by atoms with E-state index in [4.69, 9.17) is 23.2 Å². The van der Waals surface area contributed by atoms with Crippen molar-refractivity contribution in [2.75, 3.05) is 6.54 Å². The molecule has 0 unspecified atom stereocenters. The van der Waals surface area contributed by atoms with E-state index >= 15 is 0 Å². The van der Waals surface area contributed by atoms with E-state index in [0.29, 0.717) is 28.8 Å². The van der Waals surface area contributed by atoms with Gasteiger partial charge in [0.1, 0.15) is 0 Å². The molecule has 0 fully saturated rings. The van der Waals surface area contributed by atoms with Gasteiger partial charge in [0.25, 0.3) is 5.91 Å². The topological polar surface area (TPSA) is 69.8 Å². The summed E-state index contributed by atoms with van der Waals surface area (Å²) in [7, 11) is 0. The van der Waals surface area contributed by atoms with Gasteiger partial charge < -0.3 is 10.6 Å². The lowest BCUT2D eigenvalue weighted by Gasteiger charge is -2.13. The molecule has 3 rings (SSSR count). The van der Waals surface area contributed by atoms with Gasteiger partial charge in [-0.2, -0.15) is 5.10 Å². The predicted octanol–water partition coefficient (Wildman–Crippen LogP) is 2.71. The number of hydrogen-bond acceptors (Lipinski definition) is 3. The first kappa shape index (κ1) is 17.1. The Kier molecular flexibility index (Phi) is 5.69. The van der Waals surface area contributed by atoms with Crippen molar-refractivity contribution in [2.24, 2.45) is 0 Å². The molecule has 0 bridgehead atoms. The van der Waals surface area contributed by atoms with E-state index < -0.39 is 0 Å². The standard InChI is InChI=1S/C14H14Cl2N4O.ClH/c15-9-2-1-8(11(16)5-9)6-18-14(21)13-10-7-17-4-3-12(10)19-20-13;/h1-2,5,17H,3-4,6-7H2,(H,18,21)(H,19,20);1H. The van der Waals surface area contributed by atoms with Gasteiger partial charge >= 0.3 is 0 Å². The molecule has 8 heteroatoms. The predicted molar refractivity (Wildman–Crippen MR) is 88.9 cm³/mol. The molecule has 1 aromatic heterocycles. The fraction of sp³-hybridized carbons (Fsp3) is 0.286. The number of carbonyl (C=O) groups excluding carboxylic acids is 1. The number of carbonyl (C=O) groups is 1. The van der Waals surface area contributed by atoms with Crippen LogP contribution in [0.15, 0.2) is 18.2 Å². The lowest BCUT2D eigenvalue weighted by Crippen LogP contribution is -2.28. The number of nitrogens with zero attached hydrogens (tertiary/aromatic N) is 1. The second kappa shape index (κ2) is 7.33. The molecule has 1 aromatic carbocycles. The van der Waals surface area contributed by atoms with Crippen LogP contribution in [0, 0.1) is 0 Å². The van der Waals surface area contributed by atoms with E-state index in [-0.39, 0.29) is 18.3 Å². The Bertz CT molecular complexity index is 687. The highest BCUT2D eigenvalue weighted by Gasteiger charge is 2.21. The Hall–Kier alpha value is -1.27. The quantitative estimate of drug-likeness (QED) is 0.787. The van der Waals surface area contributed by atoms with Gasteiger partial charge in [-0.05, 0) is 17.7 Å². The van der Waals surface area contributed by atoms with E-state index in [1.165, 1.54) is 0 Å². The molecule has 2 heterocycles. The minimum Gasteiger partial charge on any atom is -0.346 e. The molecule has 0 saturated carbocycles. The smallest absolute Gasteiger partial charge is 0.272 e. The summed E-state index contributed by atoms with van der Waals surface area (Å²) in [6, 6.07) is 5.20. The number of fused-ring (bicyclic) bond motifs is 1. The van der Waals surface area contributed by atoms with Gasteiger partial charge in [-0.15, -0.1) is 12.4 Å². The van der Waals surface area contributed by atoms with Crippen molar-refractivity contribution in [3.8, 4) is 0 Å². The minimum absolute atomic E-state index is 0. The molecule has 1 amide bonds. The van der Waals surface area contributed by atoms with Crippen molar-refractivity contribution in [3.05, 3.63) is 50.8 Å². The Balaban J connectivity index is 0.00000176. The van der Waals surface area contributed by atoms with E-state index in [0.717, 1.165) is 29.8 Å². The van der Waals surface area contributed by atoms with Gasteiger partial charge in [0.05, 0.1) is 0 Å². The first-order valence-electron chi connectivity index (χ1n) is 6.64. The van der Waals surface area contributed by atoms with Crippen LogP contribution in [0.5, 0.6) is 0 Å². The van der Waals surface area contributed by atoms with E-state index in [2.05, 4.69) is 20.8 Å². The maximum absolute atomic E-state index is 12.2. The summed E-state index contributed by atoms with van der Waals surface area (Å²) in [5.74, 6) is -0.206. The molecule has 0 radical (unpaired) electrons. The number of halogens is 3. The molecule has 2 aromatic rings. The molecule has 0 aliphatic carbocycles. The molecule has 0 atom stereocenters. The maximum atomic E-state index is 12.2. The zero-order valence-corrected chi connectivity index (χ0v) is 13.9. The van der Waals surface area contributed by atoms with E-state index in [1.807, 2.05) is 0 Å². The normalized spacial score (nSPS) is 13.2. The number of benzene rings is 1. The van der Waals surface area contributed by atoms with E-state index in [1.54, 1.807) is 18.2 Å². The largest absolute Gasteiger partial charge is 0.346 e. The highest BCUT2D eigenvalue weighted by molar-refractivity contribution is 6.35. The molecule has 0 saturated heterocycles. The van der Waals surface area contributed by atoms with Crippen molar-refractivity contribution >= 4 is 41.5 Å². The summed E-state index contributed by atoms with van der Waals surface area (Å²) in [5, 5.41) is 14.2. The average Bonchev–Trinajstić information content (AvgIpc) is 2.90. The summed E-state index contributed by atoms with van der Waals surface area (Å²) in [4.78, 5) is 12.2. The molecule has 22 heavy (non-hydrogen) atoms. The van der Waals surface area contributed by atoms with E-state index in [9.17, 15) is 4.79 Å². The molecular formula is C14H15Cl3N4O. The van der Waals surface area contributed by atoms with Gasteiger partial charge in [-0.25, -0.2) is 0 Å². The fourth-order valence-electron chi connectivity index (χ4n) is 2.34. The lowest BCUT2D eigenvalue weighted by atomic mass is 10.1. The number of amides is 1. The van der Waals surface area contributed by atoms with Crippen LogP contribution in [0.4, 0.5) is 0 Å². The maximum Gasteiger partial charge on any atom is 0.272 e. The van der Waals surface area contributed by atoms with Gasteiger partial charge in [-0.1, -0.05) is 29.3 Å². The average molecular weight is 362 g/mol. The van der Waals surface area contributed by atoms with Crippen molar-refractivity contribution < 1.29 is 4.79 Å². The first-order chi connectivity index (χ1) is 10.1. The van der Waals surface area contributed by atoms with Crippen molar-refractivity contribution in [3.63, 3.8) is 0 Å². The molecule has 5 nitrogen and oxygen atoms in total. The zero-order chi connectivity index (χ0) is 14.8. The van der Waals surface area contributed by atoms with Crippen molar-refractivity contribution in [1.82, 2.24) is 20.8 Å². The summed E-state index contributed by atoms with van der Waals surface area (Å²) in [6.45, 7) is 1.90. The number of nitrogens with one attached hydrogen (secondary N) is 3. The Morgan fingerprint density at radius 1 is 1.36 bits per heavy atom. The van der Waals surface area contributed by atoms with Crippen LogP contribution >= 0.6 is 35.6 Å². The number of hydrogen-bond donors (Lipinski definition) is 3. The van der Waals surface area contributed by atoms with Gasteiger partial charge in [0.15, 0.2) is 5.69 Å². The lowest BCUT2D eigenvalue weighted by molar-refractivity contribution is 0.0944. The van der Waals surface area contributed by atoms with Crippen LogP contribution in [-0.2, 0) is 19.5 Å². The van der Waals surface area contributed by atoms with Crippen LogP contribution in [0.3, 0.4) is 0 Å². The first-order valence-corrected chi connectivity index (χ1v) is 7.39. The van der Waals surface area contributed by atoms with Crippen molar-refractivity contribution in [2.45, 2.75) is 19.5 Å². The van der Waals surface area contributed by atoms with Crippen LogP contribution in [0.2, 0.25) is 10.0 Å². The summed E-state index contributed by atoms with van der Waals surface area (Å²) in [5.41, 5.74) is 3.24. The summed E-state index contributed by atoms with van der Waals surface area (Å²) < 4.78 is 0. The second-order valence-electron chi connectivity index (χ2n) is 4.87. The SMILES string of the molecule is Cl.O=C(NCc1ccc(Cl)cc1Cl)c1n[nH]c2c1CNCC2. The molecular weight excluding hydrogens is 347 g/mol. The monoisotopic (exact) mass is 360 g/mol. The summed E-state index contributed by atoms with van der Waals surface area (Å²) in [6.07, 6.45) is 0.860. The Labute approximate surface area is 144 Å². The number of aromatic amines is 1. The van der Waals surface area contributed by atoms with Crippen LogP contribution in [-0.4, -0.2) is 22.6 Å². The minimum atomic E-state index is -0.206. The zero-order valence-electron chi connectivity index (χ0n) is 11.6. The Morgan fingerprint density at radius 3 is 2.95 bits per heavy atom. The van der Waals surface area contributed by atoms with Crippen LogP contribution in [0.25, 0.3) is 0 Å². The van der Waals surface area contributed by atoms with Crippen LogP contribution in [0.1, 0.15) is 27.3 Å². The molecule has 0 spiro atoms. The van der Waals surface area contributed by atoms with Gasteiger partial charge in [0, 0.05) is 47.4 Å². The van der Waals surface area contributed by atoms with Crippen LogP contribution < -0.4 is 10.6 Å². The third-order valence-corrected chi connectivity index (χ3v) is 4.06. The molecule has 118 valence electrons. The van der Waals surface area contributed by atoms with Gasteiger partial charge in [-0.3, -0.25) is 9.89 Å². The third kappa shape index (κ3) is 3.55. The molecule has 3 N–H and O–H groups in total. The fourth-order valence-corrected chi connectivity index (χ4v) is 2.81. The number of aromatic nitrogens is 2. The summed E-state index contributed by atoms with van der Waals surface area (Å²) >= 11 is 11.9. The van der Waals surface area contributed by atoms with Gasteiger partial charge in [0.2, 0.25) is 0 Å². The molecule has 1 aliphatic heterocycles. The number of H-pyrrole nitrogens is 1. The van der Waals surface area contributed by atoms with Crippen molar-refractivity contribution in [1.29, 1.82) is 0 Å². The third-order valence-electron chi connectivity index (χ3n) is 3.48. The highest BCUT2D eigenvalue weighted by Crippen LogP contribution is 2.21. The molecule has 1 aliphatic rings. The Morgan fingerprint density at radius 2 is 2.18 bits per heavy atom. The number of rotatable bonds is 3. The highest BCUT2D eigenvalue weighted by atomic mass is 35.5.